The van der Waals surface area contributed by atoms with Crippen molar-refractivity contribution < 1.29 is 9.90 Å². The summed E-state index contributed by atoms with van der Waals surface area (Å²) in [7, 11) is 0. The molecule has 2 atom stereocenters. The van der Waals surface area contributed by atoms with Gasteiger partial charge in [0, 0.05) is 6.54 Å². The average Bonchev–Trinajstić information content (AvgIpc) is 2.94. The number of nitrogens with one attached hydrogen (secondary N) is 1. The third-order valence-corrected chi connectivity index (χ3v) is 4.91. The molecule has 0 aromatic heterocycles. The molecule has 1 aromatic rings. The van der Waals surface area contributed by atoms with Crippen LogP contribution in [0.2, 0.25) is 0 Å². The number of benzene rings is 1. The smallest absolute Gasteiger partial charge is 0.318 e. The third-order valence-electron chi connectivity index (χ3n) is 4.91. The third kappa shape index (κ3) is 3.05. The molecule has 0 radical (unpaired) electrons. The molecule has 1 saturated heterocycles. The molecule has 0 bridgehead atoms. The Bertz CT molecular complexity index is 473. The summed E-state index contributed by atoms with van der Waals surface area (Å²) in [5.41, 5.74) is 1.19. The monoisotopic (exact) mass is 288 g/mol. The number of amides is 2. The van der Waals surface area contributed by atoms with Crippen molar-refractivity contribution in [2.75, 3.05) is 13.2 Å². The first kappa shape index (κ1) is 14.4. The van der Waals surface area contributed by atoms with Gasteiger partial charge in [-0.25, -0.2) is 4.79 Å². The Kier molecular flexibility index (Phi) is 4.44. The Hall–Kier alpha value is -1.55. The zero-order valence-corrected chi connectivity index (χ0v) is 12.4. The highest BCUT2D eigenvalue weighted by Crippen LogP contribution is 2.37. The predicted molar refractivity (Wildman–Crippen MR) is 81.9 cm³/mol. The molecule has 1 heterocycles. The van der Waals surface area contributed by atoms with Crippen LogP contribution in [0, 0.1) is 5.92 Å². The van der Waals surface area contributed by atoms with Gasteiger partial charge in [0.25, 0.3) is 0 Å². The number of urea groups is 1. The molecule has 4 nitrogen and oxygen atoms in total. The normalized spacial score (nSPS) is 23.7. The molecule has 21 heavy (non-hydrogen) atoms. The van der Waals surface area contributed by atoms with Gasteiger partial charge >= 0.3 is 6.03 Å². The SMILES string of the molecule is O=C(NC(c1ccccc1)C1CCC1)N1CCCC1CO. The Balaban J connectivity index is 1.71. The molecule has 1 saturated carbocycles. The van der Waals surface area contributed by atoms with Gasteiger partial charge in [-0.05, 0) is 37.2 Å². The molecule has 2 N–H and O–H groups in total. The summed E-state index contributed by atoms with van der Waals surface area (Å²) in [5, 5.41) is 12.6. The lowest BCUT2D eigenvalue weighted by Crippen LogP contribution is -2.47. The van der Waals surface area contributed by atoms with Crippen molar-refractivity contribution >= 4 is 6.03 Å². The summed E-state index contributed by atoms with van der Waals surface area (Å²) in [6.45, 7) is 0.816. The predicted octanol–water partition coefficient (Wildman–Crippen LogP) is 2.69. The molecule has 2 amide bonds. The molecule has 4 heteroatoms. The Labute approximate surface area is 126 Å². The quantitative estimate of drug-likeness (QED) is 0.895. The van der Waals surface area contributed by atoms with Gasteiger partial charge < -0.3 is 15.3 Å². The molecule has 1 aliphatic heterocycles. The maximum Gasteiger partial charge on any atom is 0.318 e. The van der Waals surface area contributed by atoms with Crippen LogP contribution in [0.15, 0.2) is 30.3 Å². The van der Waals surface area contributed by atoms with Crippen molar-refractivity contribution in [1.29, 1.82) is 0 Å². The summed E-state index contributed by atoms with van der Waals surface area (Å²) in [4.78, 5) is 14.3. The lowest BCUT2D eigenvalue weighted by molar-refractivity contribution is 0.145. The lowest BCUT2D eigenvalue weighted by atomic mass is 9.77. The number of likely N-dealkylation sites (tertiary alicyclic amines) is 1. The molecule has 2 fully saturated rings. The first-order valence-corrected chi connectivity index (χ1v) is 8.02. The molecule has 114 valence electrons. The van der Waals surface area contributed by atoms with E-state index in [-0.39, 0.29) is 24.7 Å². The zero-order valence-electron chi connectivity index (χ0n) is 12.4. The van der Waals surface area contributed by atoms with Crippen LogP contribution in [-0.2, 0) is 0 Å². The molecule has 1 aliphatic carbocycles. The molecule has 2 aliphatic rings. The second-order valence-electron chi connectivity index (χ2n) is 6.20. The number of nitrogens with zero attached hydrogens (tertiary/aromatic N) is 1. The number of carbonyl (C=O) groups is 1. The van der Waals surface area contributed by atoms with E-state index in [9.17, 15) is 9.90 Å². The number of carbonyl (C=O) groups excluding carboxylic acids is 1. The van der Waals surface area contributed by atoms with Crippen molar-refractivity contribution in [1.82, 2.24) is 10.2 Å². The van der Waals surface area contributed by atoms with E-state index in [0.717, 1.165) is 19.4 Å². The highest BCUT2D eigenvalue weighted by Gasteiger charge is 2.33. The number of hydrogen-bond donors (Lipinski definition) is 2. The van der Waals surface area contributed by atoms with E-state index in [1.807, 2.05) is 18.2 Å². The van der Waals surface area contributed by atoms with Crippen LogP contribution < -0.4 is 5.32 Å². The first-order chi connectivity index (χ1) is 10.3. The maximum absolute atomic E-state index is 12.5. The van der Waals surface area contributed by atoms with Crippen molar-refractivity contribution in [2.24, 2.45) is 5.92 Å². The topological polar surface area (TPSA) is 52.6 Å². The fourth-order valence-corrected chi connectivity index (χ4v) is 3.42. The Morgan fingerprint density at radius 2 is 2.00 bits per heavy atom. The molecule has 0 spiro atoms. The van der Waals surface area contributed by atoms with Crippen LogP contribution in [0.5, 0.6) is 0 Å². The average molecular weight is 288 g/mol. The van der Waals surface area contributed by atoms with Crippen LogP contribution in [-0.4, -0.2) is 35.2 Å². The minimum Gasteiger partial charge on any atom is -0.394 e. The van der Waals surface area contributed by atoms with E-state index >= 15 is 0 Å². The van der Waals surface area contributed by atoms with E-state index in [1.54, 1.807) is 4.90 Å². The van der Waals surface area contributed by atoms with Gasteiger partial charge in [0.15, 0.2) is 0 Å². The van der Waals surface area contributed by atoms with Gasteiger partial charge in [0.1, 0.15) is 0 Å². The van der Waals surface area contributed by atoms with Gasteiger partial charge in [0.05, 0.1) is 18.7 Å². The lowest BCUT2D eigenvalue weighted by Gasteiger charge is -2.36. The molecular weight excluding hydrogens is 264 g/mol. The maximum atomic E-state index is 12.5. The van der Waals surface area contributed by atoms with Crippen molar-refractivity contribution in [3.05, 3.63) is 35.9 Å². The van der Waals surface area contributed by atoms with Crippen molar-refractivity contribution in [2.45, 2.75) is 44.2 Å². The highest BCUT2D eigenvalue weighted by atomic mass is 16.3. The Morgan fingerprint density at radius 1 is 1.24 bits per heavy atom. The summed E-state index contributed by atoms with van der Waals surface area (Å²) < 4.78 is 0. The number of aliphatic hydroxyl groups excluding tert-OH is 1. The second kappa shape index (κ2) is 6.48. The first-order valence-electron chi connectivity index (χ1n) is 8.02. The van der Waals surface area contributed by atoms with Gasteiger partial charge in [0.2, 0.25) is 0 Å². The molecule has 2 unspecified atom stereocenters. The second-order valence-corrected chi connectivity index (χ2v) is 6.20. The Morgan fingerprint density at radius 3 is 2.62 bits per heavy atom. The summed E-state index contributed by atoms with van der Waals surface area (Å²) in [5.74, 6) is 0.548. The van der Waals surface area contributed by atoms with Gasteiger partial charge in [-0.2, -0.15) is 0 Å². The van der Waals surface area contributed by atoms with Gasteiger partial charge in [-0.1, -0.05) is 36.8 Å². The highest BCUT2D eigenvalue weighted by molar-refractivity contribution is 5.75. The minimum atomic E-state index is -0.0210. The standard InChI is InChI=1S/C17H24N2O2/c20-12-15-10-5-11-19(15)17(21)18-16(14-8-4-9-14)13-6-2-1-3-7-13/h1-3,6-7,14-16,20H,4-5,8-12H2,(H,18,21). The van der Waals surface area contributed by atoms with E-state index in [1.165, 1.54) is 24.8 Å². The van der Waals surface area contributed by atoms with Crippen LogP contribution in [0.4, 0.5) is 4.79 Å². The van der Waals surface area contributed by atoms with E-state index in [0.29, 0.717) is 5.92 Å². The van der Waals surface area contributed by atoms with Crippen molar-refractivity contribution in [3.63, 3.8) is 0 Å². The number of hydrogen-bond acceptors (Lipinski definition) is 2. The fourth-order valence-electron chi connectivity index (χ4n) is 3.42. The zero-order chi connectivity index (χ0) is 14.7. The summed E-state index contributed by atoms with van der Waals surface area (Å²) >= 11 is 0. The number of aliphatic hydroxyl groups is 1. The molecule has 1 aromatic carbocycles. The van der Waals surface area contributed by atoms with Gasteiger partial charge in [-0.15, -0.1) is 0 Å². The van der Waals surface area contributed by atoms with Crippen molar-refractivity contribution in [3.8, 4) is 0 Å². The van der Waals surface area contributed by atoms with Crippen LogP contribution in [0.25, 0.3) is 0 Å². The van der Waals surface area contributed by atoms with Crippen LogP contribution in [0.1, 0.15) is 43.7 Å². The molecular formula is C17H24N2O2. The summed E-state index contributed by atoms with van der Waals surface area (Å²) in [6.07, 6.45) is 5.51. The minimum absolute atomic E-state index is 0.0113. The van der Waals surface area contributed by atoms with Crippen LogP contribution in [0.3, 0.4) is 0 Å². The van der Waals surface area contributed by atoms with E-state index < -0.39 is 0 Å². The van der Waals surface area contributed by atoms with E-state index in [4.69, 9.17) is 0 Å². The largest absolute Gasteiger partial charge is 0.394 e. The summed E-state index contributed by atoms with van der Waals surface area (Å²) in [6, 6.07) is 10.3. The van der Waals surface area contributed by atoms with E-state index in [2.05, 4.69) is 17.4 Å². The number of rotatable bonds is 4. The van der Waals surface area contributed by atoms with Crippen LogP contribution >= 0.6 is 0 Å². The molecule has 3 rings (SSSR count). The fraction of sp³-hybridized carbons (Fsp3) is 0.588. The van der Waals surface area contributed by atoms with Gasteiger partial charge in [-0.3, -0.25) is 0 Å².